The van der Waals surface area contributed by atoms with Gasteiger partial charge >= 0.3 is 0 Å². The van der Waals surface area contributed by atoms with Crippen LogP contribution in [0.4, 0.5) is 14.5 Å². The maximum absolute atomic E-state index is 14.1. The van der Waals surface area contributed by atoms with E-state index in [9.17, 15) is 19.1 Å². The van der Waals surface area contributed by atoms with Crippen molar-refractivity contribution in [2.75, 3.05) is 18.0 Å². The van der Waals surface area contributed by atoms with E-state index in [0.717, 1.165) is 54.2 Å². The molecule has 3 aromatic carbocycles. The minimum atomic E-state index is -0.920. The Hall–Kier alpha value is -4.02. The van der Waals surface area contributed by atoms with Gasteiger partial charge in [-0.2, -0.15) is 5.26 Å². The number of pyridine rings is 1. The number of aromatic nitrogens is 1. The maximum atomic E-state index is 14.1. The van der Waals surface area contributed by atoms with Gasteiger partial charge in [0.25, 0.3) is 0 Å². The molecule has 0 bridgehead atoms. The summed E-state index contributed by atoms with van der Waals surface area (Å²) in [7, 11) is 0. The van der Waals surface area contributed by atoms with Crippen LogP contribution in [-0.4, -0.2) is 29.2 Å². The summed E-state index contributed by atoms with van der Waals surface area (Å²) in [5.74, 6) is -1.91. The number of nitrogens with zero attached hydrogens (tertiary/aromatic N) is 3. The average Bonchev–Trinajstić information content (AvgIpc) is 2.85. The molecule has 0 unspecified atom stereocenters. The molecular weight excluding hydrogens is 434 g/mol. The van der Waals surface area contributed by atoms with Crippen LogP contribution in [0.2, 0.25) is 0 Å². The van der Waals surface area contributed by atoms with Crippen molar-refractivity contribution in [2.24, 2.45) is 5.73 Å². The number of hydrogen-bond donors (Lipinski definition) is 2. The van der Waals surface area contributed by atoms with Crippen LogP contribution in [0, 0.1) is 23.0 Å². The van der Waals surface area contributed by atoms with E-state index < -0.39 is 11.6 Å². The van der Waals surface area contributed by atoms with E-state index in [1.165, 1.54) is 6.07 Å². The Bertz CT molecular complexity index is 1440. The number of para-hydroxylation sites is 1. The molecule has 0 aliphatic carbocycles. The molecule has 1 fully saturated rings. The van der Waals surface area contributed by atoms with Gasteiger partial charge in [0.15, 0.2) is 11.6 Å². The Kier molecular flexibility index (Phi) is 5.60. The first-order valence-electron chi connectivity index (χ1n) is 11.1. The molecule has 34 heavy (non-hydrogen) atoms. The number of phenols is 1. The monoisotopic (exact) mass is 456 g/mol. The number of rotatable bonds is 3. The van der Waals surface area contributed by atoms with E-state index >= 15 is 0 Å². The molecule has 1 aliphatic rings. The maximum Gasteiger partial charge on any atom is 0.159 e. The minimum Gasteiger partial charge on any atom is -0.506 e. The van der Waals surface area contributed by atoms with Gasteiger partial charge < -0.3 is 15.7 Å². The predicted molar refractivity (Wildman–Crippen MR) is 128 cm³/mol. The normalized spacial score (nSPS) is 14.4. The Morgan fingerprint density at radius 2 is 1.71 bits per heavy atom. The van der Waals surface area contributed by atoms with Gasteiger partial charge in [0.2, 0.25) is 0 Å². The largest absolute Gasteiger partial charge is 0.506 e. The SMILES string of the molecule is N#Cc1cccc(-c2ccc3ncc(-c4ccc(F)c(F)c4)c(N4CCC(N)CC4)c3c2)c1O. The lowest BCUT2D eigenvalue weighted by molar-refractivity contribution is 0.475. The highest BCUT2D eigenvalue weighted by molar-refractivity contribution is 6.02. The third kappa shape index (κ3) is 3.82. The number of benzene rings is 3. The fourth-order valence-electron chi connectivity index (χ4n) is 4.55. The molecule has 5 nitrogen and oxygen atoms in total. The molecule has 3 N–H and O–H groups in total. The van der Waals surface area contributed by atoms with E-state index in [2.05, 4.69) is 9.88 Å². The summed E-state index contributed by atoms with van der Waals surface area (Å²) in [5, 5.41) is 20.7. The van der Waals surface area contributed by atoms with Crippen molar-refractivity contribution in [1.82, 2.24) is 4.98 Å². The van der Waals surface area contributed by atoms with Crippen molar-refractivity contribution in [2.45, 2.75) is 18.9 Å². The van der Waals surface area contributed by atoms with E-state index in [1.54, 1.807) is 30.5 Å². The number of fused-ring (bicyclic) bond motifs is 1. The van der Waals surface area contributed by atoms with Crippen LogP contribution in [0.3, 0.4) is 0 Å². The van der Waals surface area contributed by atoms with Gasteiger partial charge in [0.1, 0.15) is 11.8 Å². The standard InChI is InChI=1S/C27H22F2N4O/c28-23-6-4-17(13-24(23)29)22-15-32-25-7-5-16(20-3-1-2-18(14-30)27(20)34)12-21(25)26(22)33-10-8-19(31)9-11-33/h1-7,12-13,15,19,34H,8-11,31H2. The average molecular weight is 456 g/mol. The summed E-state index contributed by atoms with van der Waals surface area (Å²) in [4.78, 5) is 6.80. The molecule has 0 spiro atoms. The second kappa shape index (κ2) is 8.73. The lowest BCUT2D eigenvalue weighted by Gasteiger charge is -2.34. The lowest BCUT2D eigenvalue weighted by atomic mass is 9.95. The Morgan fingerprint density at radius 3 is 2.44 bits per heavy atom. The van der Waals surface area contributed by atoms with E-state index in [0.29, 0.717) is 16.7 Å². The molecule has 4 aromatic rings. The molecule has 170 valence electrons. The van der Waals surface area contributed by atoms with Gasteiger partial charge in [-0.15, -0.1) is 0 Å². The Labute approximate surface area is 195 Å². The second-order valence-electron chi connectivity index (χ2n) is 8.52. The van der Waals surface area contributed by atoms with Crippen LogP contribution in [0.1, 0.15) is 18.4 Å². The number of anilines is 1. The van der Waals surface area contributed by atoms with E-state index in [-0.39, 0.29) is 17.4 Å². The van der Waals surface area contributed by atoms with Crippen molar-refractivity contribution in [3.63, 3.8) is 0 Å². The summed E-state index contributed by atoms with van der Waals surface area (Å²) in [5.41, 5.74) is 10.4. The molecule has 1 aliphatic heterocycles. The van der Waals surface area contributed by atoms with Crippen molar-refractivity contribution in [3.8, 4) is 34.1 Å². The van der Waals surface area contributed by atoms with E-state index in [1.807, 2.05) is 24.3 Å². The molecule has 0 atom stereocenters. The molecule has 2 heterocycles. The summed E-state index contributed by atoms with van der Waals surface area (Å²) < 4.78 is 27.8. The number of halogens is 2. The second-order valence-corrected chi connectivity index (χ2v) is 8.52. The smallest absolute Gasteiger partial charge is 0.159 e. The molecule has 7 heteroatoms. The fourth-order valence-corrected chi connectivity index (χ4v) is 4.55. The van der Waals surface area contributed by atoms with Gasteiger partial charge in [-0.3, -0.25) is 4.98 Å². The minimum absolute atomic E-state index is 0.0837. The highest BCUT2D eigenvalue weighted by atomic mass is 19.2. The van der Waals surface area contributed by atoms with Crippen LogP contribution in [0.5, 0.6) is 5.75 Å². The number of phenolic OH excluding ortho intramolecular Hbond substituents is 1. The van der Waals surface area contributed by atoms with Crippen molar-refractivity contribution < 1.29 is 13.9 Å². The van der Waals surface area contributed by atoms with Crippen molar-refractivity contribution in [1.29, 1.82) is 5.26 Å². The van der Waals surface area contributed by atoms with E-state index in [4.69, 9.17) is 5.73 Å². The zero-order chi connectivity index (χ0) is 23.8. The van der Waals surface area contributed by atoms with Gasteiger partial charge in [-0.05, 0) is 54.3 Å². The number of nitrogens with two attached hydrogens (primary N) is 1. The molecule has 1 aromatic heterocycles. The van der Waals surface area contributed by atoms with Gasteiger partial charge in [0.05, 0.1) is 16.8 Å². The number of nitriles is 1. The van der Waals surface area contributed by atoms with Crippen molar-refractivity contribution in [3.05, 3.63) is 78.0 Å². The zero-order valence-electron chi connectivity index (χ0n) is 18.3. The third-order valence-electron chi connectivity index (χ3n) is 6.39. The van der Waals surface area contributed by atoms with Gasteiger partial charge in [-0.1, -0.05) is 24.3 Å². The van der Waals surface area contributed by atoms with Gasteiger partial charge in [0, 0.05) is 41.8 Å². The fraction of sp³-hybridized carbons (Fsp3) is 0.185. The zero-order valence-corrected chi connectivity index (χ0v) is 18.3. The van der Waals surface area contributed by atoms with Crippen LogP contribution in [-0.2, 0) is 0 Å². The number of aromatic hydroxyl groups is 1. The van der Waals surface area contributed by atoms with Crippen LogP contribution >= 0.6 is 0 Å². The third-order valence-corrected chi connectivity index (χ3v) is 6.39. The van der Waals surface area contributed by atoms with Crippen LogP contribution in [0.15, 0.2) is 60.8 Å². The Balaban J connectivity index is 1.75. The summed E-state index contributed by atoms with van der Waals surface area (Å²) >= 11 is 0. The summed E-state index contributed by atoms with van der Waals surface area (Å²) in [6.45, 7) is 1.44. The molecule has 5 rings (SSSR count). The molecule has 0 radical (unpaired) electrons. The first kappa shape index (κ1) is 21.8. The molecule has 0 saturated carbocycles. The lowest BCUT2D eigenvalue weighted by Crippen LogP contribution is -2.40. The topological polar surface area (TPSA) is 86.2 Å². The van der Waals surface area contributed by atoms with Crippen molar-refractivity contribution >= 4 is 16.6 Å². The quantitative estimate of drug-likeness (QED) is 0.434. The highest BCUT2D eigenvalue weighted by Crippen LogP contribution is 2.41. The first-order chi connectivity index (χ1) is 16.5. The summed E-state index contributed by atoms with van der Waals surface area (Å²) in [6.07, 6.45) is 3.31. The van der Waals surface area contributed by atoms with Crippen LogP contribution < -0.4 is 10.6 Å². The summed E-state index contributed by atoms with van der Waals surface area (Å²) in [6, 6.07) is 16.6. The molecule has 0 amide bonds. The molecule has 1 saturated heterocycles. The number of piperidine rings is 1. The first-order valence-corrected chi connectivity index (χ1v) is 11.1. The predicted octanol–water partition coefficient (Wildman–Crippen LogP) is 5.35. The van der Waals surface area contributed by atoms with Crippen LogP contribution in [0.25, 0.3) is 33.2 Å². The Morgan fingerprint density at radius 1 is 0.971 bits per heavy atom. The highest BCUT2D eigenvalue weighted by Gasteiger charge is 2.23. The number of hydrogen-bond acceptors (Lipinski definition) is 5. The molecular formula is C27H22F2N4O. The van der Waals surface area contributed by atoms with Gasteiger partial charge in [-0.25, -0.2) is 8.78 Å².